The summed E-state index contributed by atoms with van der Waals surface area (Å²) in [5.74, 6) is 0.808. The maximum absolute atomic E-state index is 10.5. The van der Waals surface area contributed by atoms with Gasteiger partial charge in [0.15, 0.2) is 0 Å². The van der Waals surface area contributed by atoms with E-state index in [2.05, 4.69) is 18.7 Å². The van der Waals surface area contributed by atoms with Crippen molar-refractivity contribution in [3.8, 4) is 5.75 Å². The zero-order chi connectivity index (χ0) is 15.3. The van der Waals surface area contributed by atoms with Crippen LogP contribution in [0.25, 0.3) is 0 Å². The molecule has 1 fully saturated rings. The van der Waals surface area contributed by atoms with E-state index in [1.54, 1.807) is 0 Å². The van der Waals surface area contributed by atoms with E-state index >= 15 is 0 Å². The molecule has 118 valence electrons. The van der Waals surface area contributed by atoms with Gasteiger partial charge in [0.2, 0.25) is 0 Å². The van der Waals surface area contributed by atoms with Crippen LogP contribution in [0.4, 0.5) is 0 Å². The predicted octanol–water partition coefficient (Wildman–Crippen LogP) is 3.63. The van der Waals surface area contributed by atoms with Crippen molar-refractivity contribution in [1.29, 1.82) is 0 Å². The average molecular weight is 291 g/mol. The van der Waals surface area contributed by atoms with Crippen molar-refractivity contribution in [2.24, 2.45) is 5.41 Å². The lowest BCUT2D eigenvalue weighted by Gasteiger charge is -2.39. The standard InChI is InChI=1S/C18H29NO2/c1-4-18(3)10-12-19(13-11-18)14-16(20)15-8-6-7-9-17(15)21-5-2/h6-9,16,20H,4-5,10-14H2,1-3H3. The fourth-order valence-electron chi connectivity index (χ4n) is 3.01. The number of hydrogen-bond donors (Lipinski definition) is 1. The van der Waals surface area contributed by atoms with Gasteiger partial charge in [-0.15, -0.1) is 0 Å². The van der Waals surface area contributed by atoms with Crippen LogP contribution in [-0.2, 0) is 0 Å². The minimum absolute atomic E-state index is 0.473. The van der Waals surface area contributed by atoms with Crippen molar-refractivity contribution in [3.63, 3.8) is 0 Å². The number of likely N-dealkylation sites (tertiary alicyclic amines) is 1. The molecule has 1 aliphatic heterocycles. The van der Waals surface area contributed by atoms with E-state index in [9.17, 15) is 5.11 Å². The first-order valence-electron chi connectivity index (χ1n) is 8.20. The van der Waals surface area contributed by atoms with Gasteiger partial charge in [0.05, 0.1) is 12.7 Å². The molecule has 1 N–H and O–H groups in total. The van der Waals surface area contributed by atoms with Gasteiger partial charge in [-0.3, -0.25) is 0 Å². The maximum Gasteiger partial charge on any atom is 0.125 e. The van der Waals surface area contributed by atoms with Crippen molar-refractivity contribution >= 4 is 0 Å². The zero-order valence-electron chi connectivity index (χ0n) is 13.6. The molecule has 1 aromatic rings. The van der Waals surface area contributed by atoms with Crippen molar-refractivity contribution in [1.82, 2.24) is 4.90 Å². The highest BCUT2D eigenvalue weighted by Crippen LogP contribution is 2.35. The van der Waals surface area contributed by atoms with Crippen LogP contribution in [0.2, 0.25) is 0 Å². The number of aliphatic hydroxyl groups is 1. The molecule has 0 saturated carbocycles. The molecule has 1 saturated heterocycles. The molecule has 0 spiro atoms. The summed E-state index contributed by atoms with van der Waals surface area (Å²) in [5, 5.41) is 10.5. The third kappa shape index (κ3) is 4.21. The van der Waals surface area contributed by atoms with E-state index in [1.165, 1.54) is 19.3 Å². The Bertz CT molecular complexity index is 439. The molecule has 1 unspecified atom stereocenters. The lowest BCUT2D eigenvalue weighted by molar-refractivity contribution is 0.0614. The molecule has 2 rings (SSSR count). The Hall–Kier alpha value is -1.06. The summed E-state index contributed by atoms with van der Waals surface area (Å²) in [6.07, 6.45) is 3.22. The number of ether oxygens (including phenoxy) is 1. The molecule has 3 heteroatoms. The molecule has 0 bridgehead atoms. The largest absolute Gasteiger partial charge is 0.493 e. The Balaban J connectivity index is 1.95. The van der Waals surface area contributed by atoms with Gasteiger partial charge in [0.25, 0.3) is 0 Å². The summed E-state index contributed by atoms with van der Waals surface area (Å²) in [6, 6.07) is 7.82. The Labute approximate surface area is 128 Å². The van der Waals surface area contributed by atoms with Crippen molar-refractivity contribution in [3.05, 3.63) is 29.8 Å². The summed E-state index contributed by atoms with van der Waals surface area (Å²) in [6.45, 7) is 10.1. The highest BCUT2D eigenvalue weighted by atomic mass is 16.5. The molecule has 21 heavy (non-hydrogen) atoms. The lowest BCUT2D eigenvalue weighted by atomic mass is 9.78. The average Bonchev–Trinajstić information content (AvgIpc) is 2.50. The Morgan fingerprint density at radius 3 is 2.52 bits per heavy atom. The van der Waals surface area contributed by atoms with Gasteiger partial charge in [-0.05, 0) is 44.3 Å². The van der Waals surface area contributed by atoms with E-state index in [1.807, 2.05) is 31.2 Å². The maximum atomic E-state index is 10.5. The van der Waals surface area contributed by atoms with Crippen LogP contribution in [0.1, 0.15) is 51.7 Å². The second-order valence-corrected chi connectivity index (χ2v) is 6.45. The van der Waals surface area contributed by atoms with Gasteiger partial charge in [-0.2, -0.15) is 0 Å². The first-order chi connectivity index (χ1) is 10.1. The summed E-state index contributed by atoms with van der Waals surface area (Å²) in [4.78, 5) is 2.38. The van der Waals surface area contributed by atoms with Gasteiger partial charge in [-0.25, -0.2) is 0 Å². The molecular formula is C18H29NO2. The van der Waals surface area contributed by atoms with Crippen LogP contribution in [0, 0.1) is 5.41 Å². The van der Waals surface area contributed by atoms with Crippen LogP contribution in [0.3, 0.4) is 0 Å². The first kappa shape index (κ1) is 16.3. The van der Waals surface area contributed by atoms with Crippen LogP contribution in [0.5, 0.6) is 5.75 Å². The number of benzene rings is 1. The van der Waals surface area contributed by atoms with Crippen molar-refractivity contribution in [2.75, 3.05) is 26.2 Å². The molecule has 1 aromatic carbocycles. The van der Waals surface area contributed by atoms with Crippen molar-refractivity contribution < 1.29 is 9.84 Å². The number of hydrogen-bond acceptors (Lipinski definition) is 3. The summed E-state index contributed by atoms with van der Waals surface area (Å²) in [5.41, 5.74) is 1.40. The summed E-state index contributed by atoms with van der Waals surface area (Å²) >= 11 is 0. The van der Waals surface area contributed by atoms with Crippen molar-refractivity contribution in [2.45, 2.75) is 46.1 Å². The first-order valence-corrected chi connectivity index (χ1v) is 8.20. The predicted molar refractivity (Wildman–Crippen MR) is 86.6 cm³/mol. The normalized spacial score (nSPS) is 20.2. The van der Waals surface area contributed by atoms with E-state index in [-0.39, 0.29) is 0 Å². The van der Waals surface area contributed by atoms with Crippen LogP contribution in [0.15, 0.2) is 24.3 Å². The molecule has 0 amide bonds. The fourth-order valence-corrected chi connectivity index (χ4v) is 3.01. The number of para-hydroxylation sites is 1. The van der Waals surface area contributed by atoms with Crippen LogP contribution < -0.4 is 4.74 Å². The van der Waals surface area contributed by atoms with Crippen LogP contribution >= 0.6 is 0 Å². The molecule has 3 nitrogen and oxygen atoms in total. The van der Waals surface area contributed by atoms with Gasteiger partial charge < -0.3 is 14.7 Å². The monoisotopic (exact) mass is 291 g/mol. The molecular weight excluding hydrogens is 262 g/mol. The smallest absolute Gasteiger partial charge is 0.125 e. The second kappa shape index (κ2) is 7.28. The highest BCUT2D eigenvalue weighted by molar-refractivity contribution is 5.35. The molecule has 1 heterocycles. The van der Waals surface area contributed by atoms with Gasteiger partial charge in [0.1, 0.15) is 5.75 Å². The number of aliphatic hydroxyl groups excluding tert-OH is 1. The number of piperidine rings is 1. The Kier molecular flexibility index (Phi) is 5.65. The van der Waals surface area contributed by atoms with Gasteiger partial charge >= 0.3 is 0 Å². The molecule has 1 atom stereocenters. The van der Waals surface area contributed by atoms with E-state index in [0.29, 0.717) is 18.6 Å². The molecule has 0 aromatic heterocycles. The van der Waals surface area contributed by atoms with Crippen LogP contribution in [-0.4, -0.2) is 36.2 Å². The lowest BCUT2D eigenvalue weighted by Crippen LogP contribution is -2.40. The summed E-state index contributed by atoms with van der Waals surface area (Å²) < 4.78 is 5.62. The molecule has 0 radical (unpaired) electrons. The second-order valence-electron chi connectivity index (χ2n) is 6.45. The summed E-state index contributed by atoms with van der Waals surface area (Å²) in [7, 11) is 0. The third-order valence-electron chi connectivity index (χ3n) is 4.93. The Morgan fingerprint density at radius 2 is 1.90 bits per heavy atom. The SMILES string of the molecule is CCOc1ccccc1C(O)CN1CCC(C)(CC)CC1. The number of nitrogens with zero attached hydrogens (tertiary/aromatic N) is 1. The minimum Gasteiger partial charge on any atom is -0.493 e. The van der Waals surface area contributed by atoms with E-state index in [4.69, 9.17) is 4.74 Å². The quantitative estimate of drug-likeness (QED) is 0.868. The van der Waals surface area contributed by atoms with Gasteiger partial charge in [0, 0.05) is 12.1 Å². The number of rotatable bonds is 6. The van der Waals surface area contributed by atoms with Gasteiger partial charge in [-0.1, -0.05) is 38.5 Å². The highest BCUT2D eigenvalue weighted by Gasteiger charge is 2.29. The van der Waals surface area contributed by atoms with E-state index < -0.39 is 6.10 Å². The third-order valence-corrected chi connectivity index (χ3v) is 4.93. The molecule has 1 aliphatic rings. The minimum atomic E-state index is -0.473. The van der Waals surface area contributed by atoms with E-state index in [0.717, 1.165) is 24.4 Å². The topological polar surface area (TPSA) is 32.7 Å². The zero-order valence-corrected chi connectivity index (χ0v) is 13.6. The fraction of sp³-hybridized carbons (Fsp3) is 0.667. The molecule has 0 aliphatic carbocycles. The Morgan fingerprint density at radius 1 is 1.24 bits per heavy atom. The number of β-amino-alcohol motifs (C(OH)–C–C–N with tert-alkyl or cyclic N) is 1.